The van der Waals surface area contributed by atoms with E-state index in [-0.39, 0.29) is 0 Å². The van der Waals surface area contributed by atoms with Gasteiger partial charge in [-0.15, -0.1) is 0 Å². The summed E-state index contributed by atoms with van der Waals surface area (Å²) >= 11 is 0. The highest BCUT2D eigenvalue weighted by Crippen LogP contribution is 2.48. The predicted molar refractivity (Wildman–Crippen MR) is 119 cm³/mol. The van der Waals surface area contributed by atoms with E-state index < -0.39 is 0 Å². The van der Waals surface area contributed by atoms with Crippen molar-refractivity contribution in [3.8, 4) is 0 Å². The molecule has 148 valence electrons. The summed E-state index contributed by atoms with van der Waals surface area (Å²) in [6.07, 6.45) is 20.5. The summed E-state index contributed by atoms with van der Waals surface area (Å²) in [5, 5.41) is 0. The van der Waals surface area contributed by atoms with Crippen LogP contribution in [0.1, 0.15) is 75.0 Å². The smallest absolute Gasteiger partial charge is 0.0744 e. The highest BCUT2D eigenvalue weighted by Gasteiger charge is 2.36. The third-order valence-corrected chi connectivity index (χ3v) is 6.53. The van der Waals surface area contributed by atoms with E-state index in [4.69, 9.17) is 4.74 Å². The van der Waals surface area contributed by atoms with Crippen LogP contribution in [0.25, 0.3) is 0 Å². The normalized spacial score (nSPS) is 27.2. The van der Waals surface area contributed by atoms with Crippen molar-refractivity contribution in [1.82, 2.24) is 0 Å². The van der Waals surface area contributed by atoms with E-state index in [1.165, 1.54) is 47.3 Å². The van der Waals surface area contributed by atoms with Crippen LogP contribution in [-0.4, -0.2) is 12.6 Å². The molecule has 2 heterocycles. The molecule has 2 aliphatic heterocycles. The van der Waals surface area contributed by atoms with Crippen molar-refractivity contribution < 1.29 is 4.74 Å². The molecule has 0 saturated heterocycles. The second-order valence-corrected chi connectivity index (χ2v) is 8.20. The molecule has 0 fully saturated rings. The number of anilines is 1. The Kier molecular flexibility index (Phi) is 5.87. The van der Waals surface area contributed by atoms with E-state index in [2.05, 4.69) is 80.3 Å². The van der Waals surface area contributed by atoms with E-state index in [1.807, 2.05) is 0 Å². The van der Waals surface area contributed by atoms with E-state index in [0.717, 1.165) is 6.42 Å². The summed E-state index contributed by atoms with van der Waals surface area (Å²) in [7, 11) is 0. The van der Waals surface area contributed by atoms with Gasteiger partial charge in [0.15, 0.2) is 0 Å². The number of allylic oxidation sites excluding steroid dienone is 6. The second-order valence-electron chi connectivity index (χ2n) is 8.20. The first-order valence-corrected chi connectivity index (χ1v) is 10.9. The number of nitrogens with zero attached hydrogens (tertiary/aromatic N) is 1. The molecule has 0 N–H and O–H groups in total. The number of hydrogen-bond acceptors (Lipinski definition) is 2. The minimum Gasteiger partial charge on any atom is -0.373 e. The third kappa shape index (κ3) is 3.51. The summed E-state index contributed by atoms with van der Waals surface area (Å²) < 4.78 is 6.11. The molecule has 2 heteroatoms. The summed E-state index contributed by atoms with van der Waals surface area (Å²) in [4.78, 5) is 2.63. The number of benzene rings is 1. The zero-order chi connectivity index (χ0) is 19.5. The molecular weight excluding hydrogens is 342 g/mol. The van der Waals surface area contributed by atoms with Crippen LogP contribution < -0.4 is 4.90 Å². The van der Waals surface area contributed by atoms with Crippen molar-refractivity contribution in [1.29, 1.82) is 0 Å². The van der Waals surface area contributed by atoms with Crippen molar-refractivity contribution in [2.45, 2.75) is 70.9 Å². The standard InChI is InChI=1S/C26H33NO/c1-4-21(5-2)27-22-13-9-8-12-20(17-22)24-15-14-23-19(3)11-7-6-10-16-28-18-25(23)26(24)27/h4,6-7,9-11,13-15,19-20,22H,5,8,12,16-18H2,1-3H3. The molecule has 0 aromatic heterocycles. The van der Waals surface area contributed by atoms with Gasteiger partial charge in [-0.1, -0.05) is 68.5 Å². The Morgan fingerprint density at radius 1 is 1.18 bits per heavy atom. The first kappa shape index (κ1) is 19.3. The molecule has 4 rings (SSSR count). The minimum absolute atomic E-state index is 0.378. The summed E-state index contributed by atoms with van der Waals surface area (Å²) in [6, 6.07) is 5.25. The minimum atomic E-state index is 0.378. The van der Waals surface area contributed by atoms with Crippen molar-refractivity contribution >= 4 is 5.69 Å². The van der Waals surface area contributed by atoms with Gasteiger partial charge >= 0.3 is 0 Å². The molecule has 0 radical (unpaired) electrons. The van der Waals surface area contributed by atoms with Crippen molar-refractivity contribution in [2.24, 2.45) is 0 Å². The number of ether oxygens (including phenoxy) is 1. The highest BCUT2D eigenvalue weighted by molar-refractivity contribution is 5.70. The van der Waals surface area contributed by atoms with Crippen LogP contribution in [0.3, 0.4) is 0 Å². The topological polar surface area (TPSA) is 12.5 Å². The molecular formula is C26H33NO. The lowest BCUT2D eigenvalue weighted by Crippen LogP contribution is -2.39. The fraction of sp³-hybridized carbons (Fsp3) is 0.462. The average Bonchev–Trinajstić information content (AvgIpc) is 2.93. The van der Waals surface area contributed by atoms with Gasteiger partial charge in [-0.05, 0) is 55.6 Å². The Labute approximate surface area is 170 Å². The molecule has 2 bridgehead atoms. The quantitative estimate of drug-likeness (QED) is 0.530. The maximum absolute atomic E-state index is 6.11. The van der Waals surface area contributed by atoms with Gasteiger partial charge in [0.25, 0.3) is 0 Å². The van der Waals surface area contributed by atoms with E-state index in [0.29, 0.717) is 31.1 Å². The van der Waals surface area contributed by atoms with Crippen LogP contribution >= 0.6 is 0 Å². The van der Waals surface area contributed by atoms with Crippen LogP contribution in [0.2, 0.25) is 0 Å². The first-order chi connectivity index (χ1) is 13.7. The third-order valence-electron chi connectivity index (χ3n) is 6.53. The number of hydrogen-bond donors (Lipinski definition) is 0. The van der Waals surface area contributed by atoms with Crippen LogP contribution in [-0.2, 0) is 11.3 Å². The SMILES string of the molecule is CC=C(CC)N1c2c(ccc3c2COCC=CC=CC3C)C2CCC=CC1C2. The van der Waals surface area contributed by atoms with Crippen LogP contribution in [0.15, 0.2) is 60.4 Å². The molecule has 0 saturated carbocycles. The van der Waals surface area contributed by atoms with Crippen LogP contribution in [0.4, 0.5) is 5.69 Å². The van der Waals surface area contributed by atoms with E-state index in [9.17, 15) is 0 Å². The molecule has 1 aromatic carbocycles. The van der Waals surface area contributed by atoms with E-state index >= 15 is 0 Å². The molecule has 2 nitrogen and oxygen atoms in total. The molecule has 1 aromatic rings. The molecule has 3 aliphatic rings. The van der Waals surface area contributed by atoms with Gasteiger partial charge < -0.3 is 9.64 Å². The molecule has 3 atom stereocenters. The van der Waals surface area contributed by atoms with Gasteiger partial charge in [-0.3, -0.25) is 0 Å². The number of rotatable bonds is 2. The Morgan fingerprint density at radius 3 is 2.86 bits per heavy atom. The molecule has 3 unspecified atom stereocenters. The summed E-state index contributed by atoms with van der Waals surface area (Å²) in [5.74, 6) is 1.02. The fourth-order valence-corrected chi connectivity index (χ4v) is 5.11. The molecule has 1 aliphatic carbocycles. The molecule has 0 amide bonds. The molecule has 28 heavy (non-hydrogen) atoms. The van der Waals surface area contributed by atoms with Crippen molar-refractivity contribution in [3.63, 3.8) is 0 Å². The predicted octanol–water partition coefficient (Wildman–Crippen LogP) is 6.76. The Bertz CT molecular complexity index is 829. The Hall–Kier alpha value is -2.06. The van der Waals surface area contributed by atoms with Gasteiger partial charge in [0, 0.05) is 11.3 Å². The zero-order valence-electron chi connectivity index (χ0n) is 17.5. The second kappa shape index (κ2) is 8.53. The maximum atomic E-state index is 6.11. The Morgan fingerprint density at radius 2 is 2.04 bits per heavy atom. The maximum Gasteiger partial charge on any atom is 0.0744 e. The molecule has 0 spiro atoms. The van der Waals surface area contributed by atoms with Gasteiger partial charge in [-0.25, -0.2) is 0 Å². The monoisotopic (exact) mass is 375 g/mol. The van der Waals surface area contributed by atoms with Crippen LogP contribution in [0, 0.1) is 0 Å². The summed E-state index contributed by atoms with van der Waals surface area (Å²) in [6.45, 7) is 8.10. The highest BCUT2D eigenvalue weighted by atomic mass is 16.5. The largest absolute Gasteiger partial charge is 0.373 e. The summed E-state index contributed by atoms with van der Waals surface area (Å²) in [5.41, 5.74) is 7.18. The van der Waals surface area contributed by atoms with Gasteiger partial charge in [0.2, 0.25) is 0 Å². The lowest BCUT2D eigenvalue weighted by atomic mass is 9.80. The average molecular weight is 376 g/mol. The number of fused-ring (bicyclic) bond motifs is 6. The first-order valence-electron chi connectivity index (χ1n) is 10.9. The van der Waals surface area contributed by atoms with Crippen molar-refractivity contribution in [3.05, 3.63) is 77.1 Å². The van der Waals surface area contributed by atoms with Gasteiger partial charge in [0.05, 0.1) is 24.9 Å². The van der Waals surface area contributed by atoms with E-state index in [1.54, 1.807) is 0 Å². The van der Waals surface area contributed by atoms with Gasteiger partial charge in [0.1, 0.15) is 0 Å². The Balaban J connectivity index is 1.93. The van der Waals surface area contributed by atoms with Crippen LogP contribution in [0.5, 0.6) is 0 Å². The lowest BCUT2D eigenvalue weighted by molar-refractivity contribution is 0.148. The van der Waals surface area contributed by atoms with Gasteiger partial charge in [-0.2, -0.15) is 0 Å². The van der Waals surface area contributed by atoms with Crippen molar-refractivity contribution in [2.75, 3.05) is 11.5 Å². The zero-order valence-corrected chi connectivity index (χ0v) is 17.5. The lowest BCUT2D eigenvalue weighted by Gasteiger charge is -2.43. The fourth-order valence-electron chi connectivity index (χ4n) is 5.11.